The molecule has 0 aromatic heterocycles. The molecule has 0 radical (unpaired) electrons. The average molecular weight is 339 g/mol. The zero-order valence-corrected chi connectivity index (χ0v) is 15.7. The van der Waals surface area contributed by atoms with Crippen molar-refractivity contribution < 1.29 is 9.13 Å². The monoisotopic (exact) mass is 339 g/mol. The van der Waals surface area contributed by atoms with Gasteiger partial charge in [0.25, 0.3) is 0 Å². The second kappa shape index (κ2) is 8.02. The van der Waals surface area contributed by atoms with E-state index >= 15 is 0 Å². The fourth-order valence-electron chi connectivity index (χ4n) is 2.61. The third-order valence-corrected chi connectivity index (χ3v) is 4.46. The van der Waals surface area contributed by atoms with Crippen LogP contribution in [0.1, 0.15) is 43.0 Å². The lowest BCUT2D eigenvalue weighted by Crippen LogP contribution is -2.11. The Balaban J connectivity index is 2.15. The van der Waals surface area contributed by atoms with Crippen LogP contribution in [0.25, 0.3) is 11.3 Å². The molecule has 2 aromatic carbocycles. The molecule has 0 aliphatic carbocycles. The van der Waals surface area contributed by atoms with Gasteiger partial charge in [0, 0.05) is 12.2 Å². The molecule has 2 rings (SSSR count). The lowest BCUT2D eigenvalue weighted by Gasteiger charge is -2.14. The first-order valence-electron chi connectivity index (χ1n) is 8.34. The van der Waals surface area contributed by atoms with Gasteiger partial charge in [0.2, 0.25) is 0 Å². The van der Waals surface area contributed by atoms with Crippen molar-refractivity contribution in [2.24, 2.45) is 0 Å². The maximum atomic E-state index is 13.8. The molecule has 1 N–H and O–H groups in total. The lowest BCUT2D eigenvalue weighted by atomic mass is 9.95. The predicted molar refractivity (Wildman–Crippen MR) is 104 cm³/mol. The van der Waals surface area contributed by atoms with Crippen LogP contribution in [-0.2, 0) is 6.54 Å². The van der Waals surface area contributed by atoms with Crippen LogP contribution >= 0.6 is 0 Å². The molecule has 0 heterocycles. The van der Waals surface area contributed by atoms with Gasteiger partial charge < -0.3 is 10.1 Å². The first kappa shape index (κ1) is 18.8. The highest BCUT2D eigenvalue weighted by molar-refractivity contribution is 5.73. The maximum absolute atomic E-state index is 13.8. The van der Waals surface area contributed by atoms with E-state index in [1.165, 1.54) is 35.4 Å². The molecule has 3 heteroatoms. The molecule has 0 aliphatic rings. The minimum Gasteiger partial charge on any atom is -0.494 e. The minimum absolute atomic E-state index is 0.253. The normalized spacial score (nSPS) is 10.3. The summed E-state index contributed by atoms with van der Waals surface area (Å²) in [7, 11) is 1.46. The molecule has 0 amide bonds. The van der Waals surface area contributed by atoms with Crippen molar-refractivity contribution in [1.82, 2.24) is 5.32 Å². The van der Waals surface area contributed by atoms with Crippen molar-refractivity contribution in [3.63, 3.8) is 0 Å². The van der Waals surface area contributed by atoms with Crippen LogP contribution in [0.15, 0.2) is 48.6 Å². The number of halogens is 1. The summed E-state index contributed by atoms with van der Waals surface area (Å²) in [4.78, 5) is 0. The summed E-state index contributed by atoms with van der Waals surface area (Å²) in [6.07, 6.45) is 0. The molecule has 25 heavy (non-hydrogen) atoms. The van der Waals surface area contributed by atoms with Gasteiger partial charge in [-0.15, -0.1) is 0 Å². The molecule has 0 saturated carbocycles. The molecule has 0 unspecified atom stereocenters. The third kappa shape index (κ3) is 4.50. The van der Waals surface area contributed by atoms with E-state index in [1.54, 1.807) is 6.07 Å². The number of methoxy groups -OCH3 is 1. The van der Waals surface area contributed by atoms with Crippen molar-refractivity contribution in [1.29, 1.82) is 0 Å². The molecular weight excluding hydrogens is 313 g/mol. The second-order valence-electron chi connectivity index (χ2n) is 6.46. The Hall–Kier alpha value is -2.55. The minimum atomic E-state index is -0.357. The number of ether oxygens (including phenoxy) is 1. The Bertz CT molecular complexity index is 817. The SMILES string of the molecule is C=C(NCc1ccc(OC)c(F)c1)c1ccc(C)c(C(C)=C(C)C)c1. The summed E-state index contributed by atoms with van der Waals surface area (Å²) in [5.41, 5.74) is 7.75. The van der Waals surface area contributed by atoms with Gasteiger partial charge in [0.05, 0.1) is 7.11 Å². The summed E-state index contributed by atoms with van der Waals surface area (Å²) in [6, 6.07) is 11.3. The van der Waals surface area contributed by atoms with Crippen molar-refractivity contribution in [2.75, 3.05) is 7.11 Å². The number of nitrogens with one attached hydrogen (secondary N) is 1. The second-order valence-corrected chi connectivity index (χ2v) is 6.46. The summed E-state index contributed by atoms with van der Waals surface area (Å²) in [6.45, 7) is 13.1. The highest BCUT2D eigenvalue weighted by Gasteiger charge is 2.07. The van der Waals surface area contributed by atoms with Gasteiger partial charge in [-0.2, -0.15) is 0 Å². The summed E-state index contributed by atoms with van der Waals surface area (Å²) in [5.74, 6) is -0.104. The summed E-state index contributed by atoms with van der Waals surface area (Å²) >= 11 is 0. The molecule has 132 valence electrons. The van der Waals surface area contributed by atoms with Gasteiger partial charge in [-0.05, 0) is 73.7 Å². The molecule has 2 aromatic rings. The standard InChI is InChI=1S/C22H26FNO/c1-14(2)16(4)20-12-19(9-7-15(20)3)17(5)24-13-18-8-10-22(25-6)21(23)11-18/h7-12,24H,5,13H2,1-4,6H3. The number of allylic oxidation sites excluding steroid dienone is 2. The first-order chi connectivity index (χ1) is 11.8. The Labute approximate surface area is 150 Å². The zero-order chi connectivity index (χ0) is 18.6. The molecule has 0 fully saturated rings. The van der Waals surface area contributed by atoms with Crippen LogP contribution in [0.3, 0.4) is 0 Å². The Morgan fingerprint density at radius 2 is 1.84 bits per heavy atom. The topological polar surface area (TPSA) is 21.3 Å². The highest BCUT2D eigenvalue weighted by atomic mass is 19.1. The molecule has 2 nitrogen and oxygen atoms in total. The van der Waals surface area contributed by atoms with Gasteiger partial charge in [-0.25, -0.2) is 4.39 Å². The zero-order valence-electron chi connectivity index (χ0n) is 15.7. The molecule has 0 aliphatic heterocycles. The molecule has 0 saturated heterocycles. The van der Waals surface area contributed by atoms with Crippen LogP contribution in [0, 0.1) is 12.7 Å². The van der Waals surface area contributed by atoms with E-state index in [2.05, 4.69) is 57.8 Å². The van der Waals surface area contributed by atoms with Crippen molar-refractivity contribution in [2.45, 2.75) is 34.2 Å². The number of hydrogen-bond donors (Lipinski definition) is 1. The molecule has 0 bridgehead atoms. The summed E-state index contributed by atoms with van der Waals surface area (Å²) < 4.78 is 18.7. The van der Waals surface area contributed by atoms with Crippen molar-refractivity contribution in [3.05, 3.63) is 76.6 Å². The van der Waals surface area contributed by atoms with Gasteiger partial charge >= 0.3 is 0 Å². The van der Waals surface area contributed by atoms with Gasteiger partial charge in [-0.1, -0.05) is 30.4 Å². The first-order valence-corrected chi connectivity index (χ1v) is 8.34. The fraction of sp³-hybridized carbons (Fsp3) is 0.273. The number of benzene rings is 2. The molecular formula is C22H26FNO. The quantitative estimate of drug-likeness (QED) is 0.727. The summed E-state index contributed by atoms with van der Waals surface area (Å²) in [5, 5.41) is 3.28. The Morgan fingerprint density at radius 1 is 1.12 bits per heavy atom. The van der Waals surface area contributed by atoms with E-state index in [4.69, 9.17) is 4.74 Å². The van der Waals surface area contributed by atoms with Crippen LogP contribution in [0.2, 0.25) is 0 Å². The molecule has 0 spiro atoms. The Morgan fingerprint density at radius 3 is 2.44 bits per heavy atom. The number of hydrogen-bond acceptors (Lipinski definition) is 2. The van der Waals surface area contributed by atoms with Gasteiger partial charge in [0.1, 0.15) is 0 Å². The fourth-order valence-corrected chi connectivity index (χ4v) is 2.61. The van der Waals surface area contributed by atoms with Gasteiger partial charge in [-0.3, -0.25) is 0 Å². The smallest absolute Gasteiger partial charge is 0.165 e. The number of aryl methyl sites for hydroxylation is 1. The van der Waals surface area contributed by atoms with Crippen LogP contribution < -0.4 is 10.1 Å². The van der Waals surface area contributed by atoms with E-state index in [1.807, 2.05) is 6.07 Å². The van der Waals surface area contributed by atoms with E-state index in [9.17, 15) is 4.39 Å². The van der Waals surface area contributed by atoms with Gasteiger partial charge in [0.15, 0.2) is 11.6 Å². The lowest BCUT2D eigenvalue weighted by molar-refractivity contribution is 0.386. The van der Waals surface area contributed by atoms with Crippen LogP contribution in [0.4, 0.5) is 4.39 Å². The number of rotatable bonds is 6. The molecule has 0 atom stereocenters. The maximum Gasteiger partial charge on any atom is 0.165 e. The highest BCUT2D eigenvalue weighted by Crippen LogP contribution is 2.25. The van der Waals surface area contributed by atoms with E-state index in [0.29, 0.717) is 6.54 Å². The van der Waals surface area contributed by atoms with Crippen LogP contribution in [0.5, 0.6) is 5.75 Å². The third-order valence-electron chi connectivity index (χ3n) is 4.46. The van der Waals surface area contributed by atoms with Crippen LogP contribution in [-0.4, -0.2) is 7.11 Å². The van der Waals surface area contributed by atoms with Crippen molar-refractivity contribution in [3.8, 4) is 5.75 Å². The van der Waals surface area contributed by atoms with E-state index < -0.39 is 0 Å². The Kier molecular flexibility index (Phi) is 6.02. The average Bonchev–Trinajstić information content (AvgIpc) is 2.59. The largest absolute Gasteiger partial charge is 0.494 e. The van der Waals surface area contributed by atoms with Crippen molar-refractivity contribution >= 4 is 11.3 Å². The predicted octanol–water partition coefficient (Wildman–Crippen LogP) is 5.72. The van der Waals surface area contributed by atoms with E-state index in [-0.39, 0.29) is 11.6 Å². The van der Waals surface area contributed by atoms with E-state index in [0.717, 1.165) is 16.8 Å².